The lowest BCUT2D eigenvalue weighted by atomic mass is 10.2. The van der Waals surface area contributed by atoms with Crippen LogP contribution in [-0.2, 0) is 4.89 Å². The zero-order chi connectivity index (χ0) is 16.7. The van der Waals surface area contributed by atoms with Gasteiger partial charge in [0.05, 0.1) is 11.1 Å². The van der Waals surface area contributed by atoms with Crippen molar-refractivity contribution in [3.63, 3.8) is 0 Å². The van der Waals surface area contributed by atoms with Crippen molar-refractivity contribution in [2.75, 3.05) is 13.2 Å². The number of ether oxygens (including phenoxy) is 1. The highest BCUT2D eigenvalue weighted by Crippen LogP contribution is 2.13. The molecule has 0 bridgehead atoms. The van der Waals surface area contributed by atoms with Crippen LogP contribution >= 0.6 is 0 Å². The Morgan fingerprint density at radius 1 is 0.739 bits per heavy atom. The molecule has 0 heterocycles. The lowest BCUT2D eigenvalue weighted by Gasteiger charge is -2.07. The third kappa shape index (κ3) is 5.01. The topological polar surface area (TPSA) is 102 Å². The highest BCUT2D eigenvalue weighted by molar-refractivity contribution is 5.88. The zero-order valence-corrected chi connectivity index (χ0v) is 12.0. The van der Waals surface area contributed by atoms with Crippen molar-refractivity contribution in [1.29, 1.82) is 0 Å². The number of hydrogen-bond acceptors (Lipinski definition) is 5. The molecule has 7 heteroatoms. The summed E-state index contributed by atoms with van der Waals surface area (Å²) in [6.45, 7) is 0.348. The molecule has 23 heavy (non-hydrogen) atoms. The summed E-state index contributed by atoms with van der Waals surface area (Å²) in [4.78, 5) is 31.3. The van der Waals surface area contributed by atoms with Crippen LogP contribution in [-0.4, -0.2) is 35.4 Å². The van der Waals surface area contributed by atoms with Gasteiger partial charge in [-0.1, -0.05) is 0 Å². The maximum Gasteiger partial charge on any atom is 0.335 e. The lowest BCUT2D eigenvalue weighted by molar-refractivity contribution is -0.210. The van der Waals surface area contributed by atoms with Crippen LogP contribution in [0.1, 0.15) is 20.7 Å². The minimum atomic E-state index is -1.01. The Bertz CT molecular complexity index is 602. The molecule has 0 saturated carbocycles. The van der Waals surface area contributed by atoms with Crippen molar-refractivity contribution < 1.29 is 34.3 Å². The highest BCUT2D eigenvalue weighted by Gasteiger charge is 2.04. The van der Waals surface area contributed by atoms with E-state index in [2.05, 4.69) is 0 Å². The Kier molecular flexibility index (Phi) is 5.54. The summed E-state index contributed by atoms with van der Waals surface area (Å²) >= 11 is 0. The number of aromatic carboxylic acids is 2. The number of hydrogen-bond donors (Lipinski definition) is 2. The van der Waals surface area contributed by atoms with Crippen molar-refractivity contribution in [2.24, 2.45) is 0 Å². The fourth-order valence-electron chi connectivity index (χ4n) is 1.65. The molecule has 0 aliphatic rings. The van der Waals surface area contributed by atoms with Crippen LogP contribution in [0.5, 0.6) is 11.5 Å². The van der Waals surface area contributed by atoms with Gasteiger partial charge in [-0.3, -0.25) is 0 Å². The van der Waals surface area contributed by atoms with Gasteiger partial charge >= 0.3 is 11.9 Å². The Balaban J connectivity index is 1.69. The van der Waals surface area contributed by atoms with Gasteiger partial charge in [-0.25, -0.2) is 9.59 Å². The van der Waals surface area contributed by atoms with E-state index >= 15 is 0 Å². The van der Waals surface area contributed by atoms with Gasteiger partial charge in [0.2, 0.25) is 0 Å². The first-order valence-corrected chi connectivity index (χ1v) is 6.65. The molecule has 0 spiro atoms. The molecule has 0 unspecified atom stereocenters. The number of rotatable bonds is 8. The van der Waals surface area contributed by atoms with Gasteiger partial charge < -0.3 is 19.8 Å². The van der Waals surface area contributed by atoms with Crippen molar-refractivity contribution in [2.45, 2.75) is 0 Å². The molecule has 7 nitrogen and oxygen atoms in total. The van der Waals surface area contributed by atoms with Gasteiger partial charge in [-0.2, -0.15) is 4.89 Å². The molecular formula is C16H14O7. The van der Waals surface area contributed by atoms with Gasteiger partial charge in [0.15, 0.2) is 5.75 Å². The van der Waals surface area contributed by atoms with Crippen LogP contribution in [0.4, 0.5) is 0 Å². The molecule has 0 aromatic heterocycles. The summed E-state index contributed by atoms with van der Waals surface area (Å²) in [7, 11) is 0. The molecule has 0 aliphatic heterocycles. The molecule has 0 radical (unpaired) electrons. The molecule has 0 amide bonds. The van der Waals surface area contributed by atoms with Gasteiger partial charge in [0.1, 0.15) is 19.0 Å². The van der Waals surface area contributed by atoms with Gasteiger partial charge in [-0.15, -0.1) is 0 Å². The second-order valence-corrected chi connectivity index (χ2v) is 4.41. The highest BCUT2D eigenvalue weighted by atomic mass is 17.2. The number of carbonyl (C=O) groups is 2. The number of carboxylic acid groups (broad SMARTS) is 2. The summed E-state index contributed by atoms with van der Waals surface area (Å²) < 4.78 is 5.35. The molecular weight excluding hydrogens is 304 g/mol. The first kappa shape index (κ1) is 16.3. The summed E-state index contributed by atoms with van der Waals surface area (Å²) in [6, 6.07) is 11.8. The summed E-state index contributed by atoms with van der Waals surface area (Å²) in [5.41, 5.74) is 0.340. The van der Waals surface area contributed by atoms with E-state index in [4.69, 9.17) is 24.7 Å². The average Bonchev–Trinajstić information content (AvgIpc) is 2.55. The molecule has 0 saturated heterocycles. The molecule has 0 aliphatic carbocycles. The van der Waals surface area contributed by atoms with E-state index < -0.39 is 11.9 Å². The van der Waals surface area contributed by atoms with E-state index in [1.165, 1.54) is 36.4 Å². The normalized spacial score (nSPS) is 10.1. The van der Waals surface area contributed by atoms with E-state index in [9.17, 15) is 9.59 Å². The second kappa shape index (κ2) is 7.81. The Morgan fingerprint density at radius 3 is 1.70 bits per heavy atom. The number of benzene rings is 2. The fourth-order valence-corrected chi connectivity index (χ4v) is 1.65. The molecule has 0 fully saturated rings. The van der Waals surface area contributed by atoms with Crippen molar-refractivity contribution >= 4 is 11.9 Å². The van der Waals surface area contributed by atoms with Crippen LogP contribution in [0.25, 0.3) is 0 Å². The second-order valence-electron chi connectivity index (χ2n) is 4.41. The molecule has 2 aromatic carbocycles. The predicted molar refractivity (Wildman–Crippen MR) is 78.9 cm³/mol. The minimum Gasteiger partial charge on any atom is -0.491 e. The Hall–Kier alpha value is -3.06. The lowest BCUT2D eigenvalue weighted by Crippen LogP contribution is -2.09. The SMILES string of the molecule is O=C(O)c1ccc(OCCOOc2ccc(C(=O)O)cc2)cc1. The maximum atomic E-state index is 10.7. The standard InChI is InChI=1S/C16H14O7/c17-15(18)11-1-5-13(6-2-11)21-9-10-22-23-14-7-3-12(4-8-14)16(19)20/h1-8H,9-10H2,(H,17,18)(H,19,20). The summed E-state index contributed by atoms with van der Waals surface area (Å²) in [6.07, 6.45) is 0. The predicted octanol–water partition coefficient (Wildman–Crippen LogP) is 2.47. The van der Waals surface area contributed by atoms with E-state index in [0.717, 1.165) is 0 Å². The molecule has 2 N–H and O–H groups in total. The molecule has 0 atom stereocenters. The first-order valence-electron chi connectivity index (χ1n) is 6.65. The van der Waals surface area contributed by atoms with Crippen LogP contribution in [0, 0.1) is 0 Å². The van der Waals surface area contributed by atoms with E-state index in [0.29, 0.717) is 11.5 Å². The first-order chi connectivity index (χ1) is 11.1. The Labute approximate surface area is 131 Å². The van der Waals surface area contributed by atoms with Crippen LogP contribution in [0.15, 0.2) is 48.5 Å². The quantitative estimate of drug-likeness (QED) is 0.438. The van der Waals surface area contributed by atoms with Gasteiger partial charge in [0, 0.05) is 0 Å². The van der Waals surface area contributed by atoms with Crippen LogP contribution < -0.4 is 9.62 Å². The van der Waals surface area contributed by atoms with Crippen molar-refractivity contribution in [3.05, 3.63) is 59.7 Å². The summed E-state index contributed by atoms with van der Waals surface area (Å²) in [5, 5.41) is 17.5. The van der Waals surface area contributed by atoms with E-state index in [1.807, 2.05) is 0 Å². The number of carboxylic acids is 2. The van der Waals surface area contributed by atoms with E-state index in [1.54, 1.807) is 12.1 Å². The maximum absolute atomic E-state index is 10.7. The van der Waals surface area contributed by atoms with Crippen LogP contribution in [0.3, 0.4) is 0 Å². The van der Waals surface area contributed by atoms with Crippen LogP contribution in [0.2, 0.25) is 0 Å². The van der Waals surface area contributed by atoms with Gasteiger partial charge in [-0.05, 0) is 48.5 Å². The fraction of sp³-hybridized carbons (Fsp3) is 0.125. The van der Waals surface area contributed by atoms with Crippen molar-refractivity contribution in [3.8, 4) is 11.5 Å². The largest absolute Gasteiger partial charge is 0.491 e. The summed E-state index contributed by atoms with van der Waals surface area (Å²) in [5.74, 6) is -1.12. The smallest absolute Gasteiger partial charge is 0.335 e. The molecule has 120 valence electrons. The Morgan fingerprint density at radius 2 is 1.22 bits per heavy atom. The third-order valence-corrected chi connectivity index (χ3v) is 2.79. The average molecular weight is 318 g/mol. The van der Waals surface area contributed by atoms with E-state index in [-0.39, 0.29) is 24.3 Å². The molecule has 2 rings (SSSR count). The van der Waals surface area contributed by atoms with Gasteiger partial charge in [0.25, 0.3) is 0 Å². The monoisotopic (exact) mass is 318 g/mol. The third-order valence-electron chi connectivity index (χ3n) is 2.79. The van der Waals surface area contributed by atoms with Crippen molar-refractivity contribution in [1.82, 2.24) is 0 Å². The minimum absolute atomic E-state index is 0.140. The zero-order valence-electron chi connectivity index (χ0n) is 12.0. The molecule has 2 aromatic rings.